The Balaban J connectivity index is 1.37. The van der Waals surface area contributed by atoms with Crippen LogP contribution >= 0.6 is 0 Å². The summed E-state index contributed by atoms with van der Waals surface area (Å²) >= 11 is 0. The van der Waals surface area contributed by atoms with E-state index in [-0.39, 0.29) is 5.91 Å². The van der Waals surface area contributed by atoms with Crippen molar-refractivity contribution in [2.24, 2.45) is 5.92 Å². The molecule has 4 rings (SSSR count). The Labute approximate surface area is 154 Å². The summed E-state index contributed by atoms with van der Waals surface area (Å²) in [6.45, 7) is 1.98. The summed E-state index contributed by atoms with van der Waals surface area (Å²) in [7, 11) is 0. The van der Waals surface area contributed by atoms with E-state index in [0.717, 1.165) is 47.3 Å². The van der Waals surface area contributed by atoms with Gasteiger partial charge in [0.2, 0.25) is 0 Å². The number of aryl methyl sites for hydroxylation is 1. The van der Waals surface area contributed by atoms with E-state index in [1.54, 1.807) is 0 Å². The third-order valence-corrected chi connectivity index (χ3v) is 5.67. The molecule has 0 spiro atoms. The number of para-hydroxylation sites is 1. The highest BCUT2D eigenvalue weighted by Gasteiger charge is 2.24. The Morgan fingerprint density at radius 1 is 1.00 bits per heavy atom. The summed E-state index contributed by atoms with van der Waals surface area (Å²) in [5.41, 5.74) is 4.20. The van der Waals surface area contributed by atoms with Crippen LogP contribution in [0.15, 0.2) is 54.6 Å². The van der Waals surface area contributed by atoms with Crippen molar-refractivity contribution in [1.82, 2.24) is 10.3 Å². The highest BCUT2D eigenvalue weighted by Crippen LogP contribution is 2.28. The first-order valence-corrected chi connectivity index (χ1v) is 9.63. The lowest BCUT2D eigenvalue weighted by Gasteiger charge is -2.29. The SMILES string of the molecule is Cc1[nH]c2ccccc2c1C(=O)NC1CCC(Cc2ccccc2)CC1. The quantitative estimate of drug-likeness (QED) is 0.685. The predicted molar refractivity (Wildman–Crippen MR) is 106 cm³/mol. The molecule has 0 aliphatic heterocycles. The molecule has 3 aromatic rings. The van der Waals surface area contributed by atoms with Crippen molar-refractivity contribution >= 4 is 16.8 Å². The molecule has 1 aromatic heterocycles. The number of benzene rings is 2. The van der Waals surface area contributed by atoms with Crippen LogP contribution in [0.25, 0.3) is 10.9 Å². The largest absolute Gasteiger partial charge is 0.358 e. The average molecular weight is 346 g/mol. The van der Waals surface area contributed by atoms with Crippen LogP contribution in [0.3, 0.4) is 0 Å². The maximum atomic E-state index is 12.9. The Morgan fingerprint density at radius 3 is 2.46 bits per heavy atom. The van der Waals surface area contributed by atoms with Gasteiger partial charge in [-0.25, -0.2) is 0 Å². The monoisotopic (exact) mass is 346 g/mol. The van der Waals surface area contributed by atoms with Gasteiger partial charge in [-0.05, 0) is 56.6 Å². The summed E-state index contributed by atoms with van der Waals surface area (Å²) in [6, 6.07) is 19.1. The molecule has 0 unspecified atom stereocenters. The van der Waals surface area contributed by atoms with Crippen molar-refractivity contribution in [1.29, 1.82) is 0 Å². The highest BCUT2D eigenvalue weighted by atomic mass is 16.1. The molecule has 3 heteroatoms. The molecular formula is C23H26N2O. The fourth-order valence-electron chi connectivity index (χ4n) is 4.29. The summed E-state index contributed by atoms with van der Waals surface area (Å²) in [4.78, 5) is 16.2. The van der Waals surface area contributed by atoms with Crippen LogP contribution in [0.5, 0.6) is 0 Å². The third-order valence-electron chi connectivity index (χ3n) is 5.67. The van der Waals surface area contributed by atoms with Gasteiger partial charge >= 0.3 is 0 Å². The maximum absolute atomic E-state index is 12.9. The number of fused-ring (bicyclic) bond motifs is 1. The molecule has 2 aromatic carbocycles. The first-order chi connectivity index (χ1) is 12.7. The van der Waals surface area contributed by atoms with Crippen molar-refractivity contribution in [2.45, 2.75) is 45.1 Å². The highest BCUT2D eigenvalue weighted by molar-refractivity contribution is 6.08. The number of nitrogens with one attached hydrogen (secondary N) is 2. The number of aromatic nitrogens is 1. The molecule has 1 fully saturated rings. The van der Waals surface area contributed by atoms with Crippen LogP contribution in [0.4, 0.5) is 0 Å². The molecular weight excluding hydrogens is 320 g/mol. The van der Waals surface area contributed by atoms with E-state index in [4.69, 9.17) is 0 Å². The summed E-state index contributed by atoms with van der Waals surface area (Å²) in [5, 5.41) is 4.29. The fraction of sp³-hybridized carbons (Fsp3) is 0.348. The average Bonchev–Trinajstić information content (AvgIpc) is 3.00. The van der Waals surface area contributed by atoms with E-state index in [0.29, 0.717) is 6.04 Å². The van der Waals surface area contributed by atoms with E-state index in [9.17, 15) is 4.79 Å². The van der Waals surface area contributed by atoms with Gasteiger partial charge in [-0.3, -0.25) is 4.79 Å². The second-order valence-corrected chi connectivity index (χ2v) is 7.55. The Bertz CT molecular complexity index is 889. The Morgan fingerprint density at radius 2 is 1.69 bits per heavy atom. The van der Waals surface area contributed by atoms with Gasteiger partial charge in [0.1, 0.15) is 0 Å². The molecule has 1 heterocycles. The van der Waals surface area contributed by atoms with Gasteiger partial charge < -0.3 is 10.3 Å². The van der Waals surface area contributed by atoms with Gasteiger partial charge in [0.15, 0.2) is 0 Å². The molecule has 1 aliphatic rings. The number of carbonyl (C=O) groups is 1. The van der Waals surface area contributed by atoms with Crippen LogP contribution in [-0.2, 0) is 6.42 Å². The van der Waals surface area contributed by atoms with Gasteiger partial charge in [-0.1, -0.05) is 48.5 Å². The molecule has 1 saturated carbocycles. The molecule has 134 valence electrons. The number of amides is 1. The van der Waals surface area contributed by atoms with Crippen molar-refractivity contribution < 1.29 is 4.79 Å². The van der Waals surface area contributed by atoms with Crippen molar-refractivity contribution in [3.63, 3.8) is 0 Å². The van der Waals surface area contributed by atoms with Gasteiger partial charge in [0, 0.05) is 22.6 Å². The van der Waals surface area contributed by atoms with Crippen molar-refractivity contribution in [3.05, 3.63) is 71.4 Å². The maximum Gasteiger partial charge on any atom is 0.253 e. The number of rotatable bonds is 4. The molecule has 0 saturated heterocycles. The number of hydrogen-bond donors (Lipinski definition) is 2. The molecule has 0 radical (unpaired) electrons. The first kappa shape index (κ1) is 16.9. The van der Waals surface area contributed by atoms with E-state index < -0.39 is 0 Å². The first-order valence-electron chi connectivity index (χ1n) is 9.63. The molecule has 1 amide bonds. The normalized spacial score (nSPS) is 20.2. The van der Waals surface area contributed by atoms with E-state index in [1.165, 1.54) is 18.4 Å². The lowest BCUT2D eigenvalue weighted by atomic mass is 9.82. The van der Waals surface area contributed by atoms with Crippen molar-refractivity contribution in [2.75, 3.05) is 0 Å². The third kappa shape index (κ3) is 3.52. The van der Waals surface area contributed by atoms with Gasteiger partial charge in [-0.2, -0.15) is 0 Å². The predicted octanol–water partition coefficient (Wildman–Crippen LogP) is 5.01. The van der Waals surface area contributed by atoms with Crippen LogP contribution in [-0.4, -0.2) is 16.9 Å². The Hall–Kier alpha value is -2.55. The zero-order valence-corrected chi connectivity index (χ0v) is 15.3. The topological polar surface area (TPSA) is 44.9 Å². The van der Waals surface area contributed by atoms with E-state index in [1.807, 2.05) is 31.2 Å². The molecule has 3 nitrogen and oxygen atoms in total. The number of hydrogen-bond acceptors (Lipinski definition) is 1. The van der Waals surface area contributed by atoms with Crippen LogP contribution in [0.2, 0.25) is 0 Å². The zero-order chi connectivity index (χ0) is 17.9. The van der Waals surface area contributed by atoms with Crippen LogP contribution in [0, 0.1) is 12.8 Å². The zero-order valence-electron chi connectivity index (χ0n) is 15.3. The van der Waals surface area contributed by atoms with Crippen LogP contribution in [0.1, 0.15) is 47.3 Å². The van der Waals surface area contributed by atoms with E-state index in [2.05, 4.69) is 40.6 Å². The second kappa shape index (κ2) is 7.36. The summed E-state index contributed by atoms with van der Waals surface area (Å²) in [5.74, 6) is 0.798. The lowest BCUT2D eigenvalue weighted by molar-refractivity contribution is 0.0923. The number of H-pyrrole nitrogens is 1. The fourth-order valence-corrected chi connectivity index (χ4v) is 4.29. The number of carbonyl (C=O) groups excluding carboxylic acids is 1. The minimum absolute atomic E-state index is 0.0615. The second-order valence-electron chi connectivity index (χ2n) is 7.55. The molecule has 0 atom stereocenters. The Kier molecular flexibility index (Phi) is 4.79. The summed E-state index contributed by atoms with van der Waals surface area (Å²) in [6.07, 6.45) is 5.68. The minimum Gasteiger partial charge on any atom is -0.358 e. The van der Waals surface area contributed by atoms with E-state index >= 15 is 0 Å². The van der Waals surface area contributed by atoms with Gasteiger partial charge in [0.25, 0.3) is 5.91 Å². The smallest absolute Gasteiger partial charge is 0.253 e. The minimum atomic E-state index is 0.0615. The van der Waals surface area contributed by atoms with Gasteiger partial charge in [-0.15, -0.1) is 0 Å². The van der Waals surface area contributed by atoms with Crippen LogP contribution < -0.4 is 5.32 Å². The standard InChI is InChI=1S/C23H26N2O/c1-16-22(20-9-5-6-10-21(20)24-16)23(26)25-19-13-11-18(12-14-19)15-17-7-3-2-4-8-17/h2-10,18-19,24H,11-15H2,1H3,(H,25,26). The molecule has 1 aliphatic carbocycles. The van der Waals surface area contributed by atoms with Crippen molar-refractivity contribution in [3.8, 4) is 0 Å². The molecule has 2 N–H and O–H groups in total. The lowest BCUT2D eigenvalue weighted by Crippen LogP contribution is -2.38. The number of aromatic amines is 1. The molecule has 0 bridgehead atoms. The van der Waals surface area contributed by atoms with Gasteiger partial charge in [0.05, 0.1) is 5.56 Å². The molecule has 26 heavy (non-hydrogen) atoms. The summed E-state index contributed by atoms with van der Waals surface area (Å²) < 4.78 is 0.